The van der Waals surface area contributed by atoms with Crippen LogP contribution in [0, 0.1) is 5.92 Å². The third kappa shape index (κ3) is 3.29. The quantitative estimate of drug-likeness (QED) is 0.852. The number of benzene rings is 1. The summed E-state index contributed by atoms with van der Waals surface area (Å²) in [6.45, 7) is 4.22. The first-order valence-corrected chi connectivity index (χ1v) is 6.74. The SMILES string of the molecule is CC(C)[C@@H](NC(=O)Cc1ccc2c(c1)CCO2)C(=O)O. The molecule has 0 aliphatic carbocycles. The fraction of sp³-hybridized carbons (Fsp3) is 0.467. The van der Waals surface area contributed by atoms with E-state index >= 15 is 0 Å². The number of hydrogen-bond donors (Lipinski definition) is 2. The van der Waals surface area contributed by atoms with Crippen molar-refractivity contribution in [2.24, 2.45) is 5.92 Å². The number of ether oxygens (including phenoxy) is 1. The molecule has 1 atom stereocenters. The number of carbonyl (C=O) groups is 2. The van der Waals surface area contributed by atoms with Gasteiger partial charge in [0, 0.05) is 6.42 Å². The molecule has 5 nitrogen and oxygen atoms in total. The second-order valence-electron chi connectivity index (χ2n) is 5.34. The number of carboxylic acid groups (broad SMARTS) is 1. The van der Waals surface area contributed by atoms with Crippen LogP contribution in [0.5, 0.6) is 5.75 Å². The summed E-state index contributed by atoms with van der Waals surface area (Å²) >= 11 is 0. The van der Waals surface area contributed by atoms with E-state index in [4.69, 9.17) is 9.84 Å². The molecule has 2 rings (SSSR count). The number of nitrogens with one attached hydrogen (secondary N) is 1. The molecule has 1 heterocycles. The smallest absolute Gasteiger partial charge is 0.326 e. The summed E-state index contributed by atoms with van der Waals surface area (Å²) in [6.07, 6.45) is 1.04. The van der Waals surface area contributed by atoms with Gasteiger partial charge in [0.2, 0.25) is 5.91 Å². The van der Waals surface area contributed by atoms with Crippen LogP contribution in [-0.2, 0) is 22.4 Å². The first-order chi connectivity index (χ1) is 9.47. The van der Waals surface area contributed by atoms with E-state index in [1.807, 2.05) is 18.2 Å². The minimum Gasteiger partial charge on any atom is -0.493 e. The maximum absolute atomic E-state index is 11.9. The maximum Gasteiger partial charge on any atom is 0.326 e. The van der Waals surface area contributed by atoms with E-state index in [0.717, 1.165) is 23.3 Å². The summed E-state index contributed by atoms with van der Waals surface area (Å²) in [4.78, 5) is 23.0. The molecule has 0 saturated carbocycles. The third-order valence-electron chi connectivity index (χ3n) is 3.37. The second-order valence-corrected chi connectivity index (χ2v) is 5.34. The standard InChI is InChI=1S/C15H19NO4/c1-9(2)14(15(18)19)16-13(17)8-10-3-4-12-11(7-10)5-6-20-12/h3-4,7,9,14H,5-6,8H2,1-2H3,(H,16,17)(H,18,19)/t14-/m1/s1. The van der Waals surface area contributed by atoms with Gasteiger partial charge in [0.25, 0.3) is 0 Å². The summed E-state index contributed by atoms with van der Waals surface area (Å²) < 4.78 is 5.41. The van der Waals surface area contributed by atoms with Crippen LogP contribution in [0.3, 0.4) is 0 Å². The predicted octanol–water partition coefficient (Wildman–Crippen LogP) is 1.39. The summed E-state index contributed by atoms with van der Waals surface area (Å²) in [5.41, 5.74) is 1.98. The molecular weight excluding hydrogens is 258 g/mol. The fourth-order valence-electron chi connectivity index (χ4n) is 2.27. The highest BCUT2D eigenvalue weighted by Crippen LogP contribution is 2.25. The fourth-order valence-corrected chi connectivity index (χ4v) is 2.27. The van der Waals surface area contributed by atoms with Crippen molar-refractivity contribution >= 4 is 11.9 Å². The van der Waals surface area contributed by atoms with E-state index in [9.17, 15) is 9.59 Å². The Morgan fingerprint density at radius 2 is 2.15 bits per heavy atom. The minimum absolute atomic E-state index is 0.148. The van der Waals surface area contributed by atoms with Crippen LogP contribution in [-0.4, -0.2) is 29.6 Å². The molecule has 1 aliphatic rings. The van der Waals surface area contributed by atoms with Gasteiger partial charge in [0.1, 0.15) is 11.8 Å². The number of fused-ring (bicyclic) bond motifs is 1. The highest BCUT2D eigenvalue weighted by molar-refractivity contribution is 5.85. The Kier molecular flexibility index (Phi) is 4.27. The van der Waals surface area contributed by atoms with Crippen LogP contribution >= 0.6 is 0 Å². The summed E-state index contributed by atoms with van der Waals surface area (Å²) in [5.74, 6) is -0.551. The van der Waals surface area contributed by atoms with Gasteiger partial charge in [-0.25, -0.2) is 4.79 Å². The summed E-state index contributed by atoms with van der Waals surface area (Å²) in [6, 6.07) is 4.81. The molecule has 0 unspecified atom stereocenters. The first kappa shape index (κ1) is 14.4. The van der Waals surface area contributed by atoms with E-state index in [1.54, 1.807) is 13.8 Å². The lowest BCUT2D eigenvalue weighted by Gasteiger charge is -2.17. The van der Waals surface area contributed by atoms with Crippen LogP contribution < -0.4 is 10.1 Å². The Bertz CT molecular complexity index is 525. The van der Waals surface area contributed by atoms with Gasteiger partial charge >= 0.3 is 5.97 Å². The van der Waals surface area contributed by atoms with Gasteiger partial charge in [-0.2, -0.15) is 0 Å². The van der Waals surface area contributed by atoms with Crippen LogP contribution in [0.1, 0.15) is 25.0 Å². The largest absolute Gasteiger partial charge is 0.493 e. The molecule has 1 aliphatic heterocycles. The molecule has 0 bridgehead atoms. The Labute approximate surface area is 117 Å². The van der Waals surface area contributed by atoms with Crippen molar-refractivity contribution in [3.05, 3.63) is 29.3 Å². The number of amides is 1. The van der Waals surface area contributed by atoms with Crippen molar-refractivity contribution in [1.29, 1.82) is 0 Å². The number of aliphatic carboxylic acids is 1. The van der Waals surface area contributed by atoms with Gasteiger partial charge in [-0.1, -0.05) is 26.0 Å². The number of hydrogen-bond acceptors (Lipinski definition) is 3. The van der Waals surface area contributed by atoms with E-state index < -0.39 is 12.0 Å². The van der Waals surface area contributed by atoms with E-state index in [2.05, 4.69) is 5.32 Å². The van der Waals surface area contributed by atoms with Crippen molar-refractivity contribution in [3.63, 3.8) is 0 Å². The van der Waals surface area contributed by atoms with Crippen molar-refractivity contribution in [2.75, 3.05) is 6.61 Å². The molecular formula is C15H19NO4. The van der Waals surface area contributed by atoms with Crippen molar-refractivity contribution in [3.8, 4) is 5.75 Å². The summed E-state index contributed by atoms with van der Waals surface area (Å²) in [5, 5.41) is 11.6. The number of carboxylic acids is 1. The molecule has 1 aromatic carbocycles. The average molecular weight is 277 g/mol. The van der Waals surface area contributed by atoms with Crippen LogP contribution in [0.2, 0.25) is 0 Å². The van der Waals surface area contributed by atoms with Gasteiger partial charge in [-0.15, -0.1) is 0 Å². The second kappa shape index (κ2) is 5.94. The van der Waals surface area contributed by atoms with Gasteiger partial charge in [-0.3, -0.25) is 4.79 Å². The third-order valence-corrected chi connectivity index (χ3v) is 3.37. The highest BCUT2D eigenvalue weighted by atomic mass is 16.5. The zero-order chi connectivity index (χ0) is 14.7. The molecule has 0 aromatic heterocycles. The molecule has 1 amide bonds. The molecule has 108 valence electrons. The maximum atomic E-state index is 11.9. The summed E-state index contributed by atoms with van der Waals surface area (Å²) in [7, 11) is 0. The molecule has 5 heteroatoms. The van der Waals surface area contributed by atoms with Gasteiger partial charge < -0.3 is 15.2 Å². The van der Waals surface area contributed by atoms with Crippen LogP contribution in [0.25, 0.3) is 0 Å². The Morgan fingerprint density at radius 1 is 1.40 bits per heavy atom. The molecule has 0 saturated heterocycles. The lowest BCUT2D eigenvalue weighted by atomic mass is 10.0. The monoisotopic (exact) mass is 277 g/mol. The van der Waals surface area contributed by atoms with Gasteiger partial charge in [0.05, 0.1) is 13.0 Å². The highest BCUT2D eigenvalue weighted by Gasteiger charge is 2.23. The zero-order valence-corrected chi connectivity index (χ0v) is 11.7. The number of rotatable bonds is 5. The lowest BCUT2D eigenvalue weighted by Crippen LogP contribution is -2.44. The lowest BCUT2D eigenvalue weighted by molar-refractivity contribution is -0.143. The zero-order valence-electron chi connectivity index (χ0n) is 11.7. The molecule has 0 spiro atoms. The molecule has 2 N–H and O–H groups in total. The number of carbonyl (C=O) groups excluding carboxylic acids is 1. The molecule has 20 heavy (non-hydrogen) atoms. The minimum atomic E-state index is -1.00. The van der Waals surface area contributed by atoms with Gasteiger partial charge in [0.15, 0.2) is 0 Å². The normalized spacial score (nSPS) is 14.6. The first-order valence-electron chi connectivity index (χ1n) is 6.74. The Hall–Kier alpha value is -2.04. The van der Waals surface area contributed by atoms with Crippen molar-refractivity contribution < 1.29 is 19.4 Å². The van der Waals surface area contributed by atoms with Crippen molar-refractivity contribution in [1.82, 2.24) is 5.32 Å². The molecule has 1 aromatic rings. The average Bonchev–Trinajstić information content (AvgIpc) is 2.82. The van der Waals surface area contributed by atoms with Gasteiger partial charge in [-0.05, 0) is 23.1 Å². The van der Waals surface area contributed by atoms with Crippen molar-refractivity contribution in [2.45, 2.75) is 32.7 Å². The Balaban J connectivity index is 1.99. The van der Waals surface area contributed by atoms with E-state index in [0.29, 0.717) is 6.61 Å². The topological polar surface area (TPSA) is 75.6 Å². The van der Waals surface area contributed by atoms with Crippen LogP contribution in [0.15, 0.2) is 18.2 Å². The predicted molar refractivity (Wildman–Crippen MR) is 73.7 cm³/mol. The Morgan fingerprint density at radius 3 is 2.80 bits per heavy atom. The van der Waals surface area contributed by atoms with E-state index in [1.165, 1.54) is 0 Å². The molecule has 0 radical (unpaired) electrons. The van der Waals surface area contributed by atoms with E-state index in [-0.39, 0.29) is 18.2 Å². The molecule has 0 fully saturated rings. The van der Waals surface area contributed by atoms with Crippen LogP contribution in [0.4, 0.5) is 0 Å².